The molecule has 0 amide bonds. The Morgan fingerprint density at radius 3 is 2.50 bits per heavy atom. The van der Waals surface area contributed by atoms with Crippen molar-refractivity contribution < 1.29 is 9.53 Å². The van der Waals surface area contributed by atoms with E-state index in [0.717, 1.165) is 38.3 Å². The van der Waals surface area contributed by atoms with Crippen molar-refractivity contribution in [3.8, 4) is 0 Å². The summed E-state index contributed by atoms with van der Waals surface area (Å²) in [5.74, 6) is 0.652. The quantitative estimate of drug-likeness (QED) is 0.695. The Balaban J connectivity index is 2.70. The van der Waals surface area contributed by atoms with Crippen LogP contribution < -0.4 is 5.32 Å². The van der Waals surface area contributed by atoms with Crippen LogP contribution in [0.2, 0.25) is 0 Å². The van der Waals surface area contributed by atoms with Gasteiger partial charge >= 0.3 is 5.97 Å². The van der Waals surface area contributed by atoms with E-state index in [0.29, 0.717) is 6.04 Å². The zero-order valence-electron chi connectivity index (χ0n) is 13.9. The second kappa shape index (κ2) is 7.99. The van der Waals surface area contributed by atoms with E-state index in [9.17, 15) is 4.79 Å². The summed E-state index contributed by atoms with van der Waals surface area (Å²) in [5, 5.41) is 3.22. The van der Waals surface area contributed by atoms with Gasteiger partial charge in [0.15, 0.2) is 0 Å². The van der Waals surface area contributed by atoms with Crippen LogP contribution in [0.1, 0.15) is 52.9 Å². The Bertz CT molecular complexity index is 305. The van der Waals surface area contributed by atoms with Crippen LogP contribution in [0.3, 0.4) is 0 Å². The van der Waals surface area contributed by atoms with E-state index in [1.165, 1.54) is 20.0 Å². The average Bonchev–Trinajstić information content (AvgIpc) is 2.93. The fourth-order valence-corrected chi connectivity index (χ4v) is 3.46. The van der Waals surface area contributed by atoms with Crippen molar-refractivity contribution in [1.82, 2.24) is 10.2 Å². The molecule has 1 N–H and O–H groups in total. The monoisotopic (exact) mass is 284 g/mol. The molecule has 2 unspecified atom stereocenters. The first kappa shape index (κ1) is 17.4. The molecule has 1 aliphatic carbocycles. The average molecular weight is 284 g/mol. The van der Waals surface area contributed by atoms with E-state index >= 15 is 0 Å². The molecule has 1 aliphatic rings. The van der Waals surface area contributed by atoms with Crippen LogP contribution in [0.4, 0.5) is 0 Å². The van der Waals surface area contributed by atoms with Gasteiger partial charge in [-0.15, -0.1) is 0 Å². The molecule has 0 aromatic heterocycles. The lowest BCUT2D eigenvalue weighted by Crippen LogP contribution is -2.50. The molecule has 118 valence electrons. The van der Waals surface area contributed by atoms with Crippen LogP contribution in [0.5, 0.6) is 0 Å². The molecular weight excluding hydrogens is 252 g/mol. The summed E-state index contributed by atoms with van der Waals surface area (Å²) >= 11 is 0. The smallest absolute Gasteiger partial charge is 0.326 e. The maximum Gasteiger partial charge on any atom is 0.326 e. The van der Waals surface area contributed by atoms with Gasteiger partial charge < -0.3 is 15.0 Å². The number of rotatable bonds is 8. The predicted molar refractivity (Wildman–Crippen MR) is 82.8 cm³/mol. The van der Waals surface area contributed by atoms with E-state index in [-0.39, 0.29) is 5.97 Å². The van der Waals surface area contributed by atoms with Crippen LogP contribution in [0.15, 0.2) is 0 Å². The van der Waals surface area contributed by atoms with Crippen molar-refractivity contribution in [3.63, 3.8) is 0 Å². The zero-order valence-corrected chi connectivity index (χ0v) is 13.9. The lowest BCUT2D eigenvalue weighted by atomic mass is 9.97. The number of nitrogens with one attached hydrogen (secondary N) is 1. The Kier molecular flexibility index (Phi) is 6.96. The largest absolute Gasteiger partial charge is 0.468 e. The third kappa shape index (κ3) is 3.73. The summed E-state index contributed by atoms with van der Waals surface area (Å²) in [6, 6.07) is 0.493. The van der Waals surface area contributed by atoms with Crippen LogP contribution in [-0.4, -0.2) is 49.7 Å². The molecule has 1 rings (SSSR count). The predicted octanol–water partition coefficient (Wildman–Crippen LogP) is 2.43. The number of likely N-dealkylation sites (N-methyl/N-ethyl adjacent to an activating group) is 1. The van der Waals surface area contributed by atoms with Crippen molar-refractivity contribution in [3.05, 3.63) is 0 Å². The molecule has 0 bridgehead atoms. The lowest BCUT2D eigenvalue weighted by Gasteiger charge is -2.32. The molecule has 20 heavy (non-hydrogen) atoms. The Morgan fingerprint density at radius 1 is 1.40 bits per heavy atom. The van der Waals surface area contributed by atoms with Gasteiger partial charge in [-0.25, -0.2) is 0 Å². The van der Waals surface area contributed by atoms with Crippen LogP contribution in [0, 0.1) is 5.92 Å². The maximum atomic E-state index is 12.1. The number of esters is 1. The molecule has 1 fully saturated rings. The molecule has 0 aliphatic heterocycles. The summed E-state index contributed by atoms with van der Waals surface area (Å²) < 4.78 is 4.99. The number of hydrogen-bond donors (Lipinski definition) is 1. The molecule has 0 spiro atoms. The van der Waals surface area contributed by atoms with Crippen molar-refractivity contribution in [1.29, 1.82) is 0 Å². The highest BCUT2D eigenvalue weighted by molar-refractivity contribution is 5.81. The first-order valence-corrected chi connectivity index (χ1v) is 8.08. The first-order chi connectivity index (χ1) is 9.56. The highest BCUT2D eigenvalue weighted by Gasteiger charge is 2.46. The van der Waals surface area contributed by atoms with Crippen molar-refractivity contribution in [2.45, 2.75) is 64.5 Å². The molecule has 0 radical (unpaired) electrons. The molecule has 4 nitrogen and oxygen atoms in total. The lowest BCUT2D eigenvalue weighted by molar-refractivity contribution is -0.148. The van der Waals surface area contributed by atoms with Crippen molar-refractivity contribution in [2.75, 3.05) is 27.2 Å². The van der Waals surface area contributed by atoms with Crippen LogP contribution >= 0.6 is 0 Å². The van der Waals surface area contributed by atoms with Gasteiger partial charge in [0.05, 0.1) is 7.11 Å². The second-order valence-corrected chi connectivity index (χ2v) is 5.99. The first-order valence-electron chi connectivity index (χ1n) is 8.08. The van der Waals surface area contributed by atoms with E-state index in [1.54, 1.807) is 0 Å². The van der Waals surface area contributed by atoms with Crippen molar-refractivity contribution in [2.24, 2.45) is 5.92 Å². The number of carbonyl (C=O) groups is 1. The highest BCUT2D eigenvalue weighted by Crippen LogP contribution is 2.34. The number of ether oxygens (including phenoxy) is 1. The summed E-state index contributed by atoms with van der Waals surface area (Å²) in [7, 11) is 3.35. The second-order valence-electron chi connectivity index (χ2n) is 5.99. The minimum atomic E-state index is -0.471. The molecule has 4 heteroatoms. The summed E-state index contributed by atoms with van der Waals surface area (Å²) in [5.41, 5.74) is -0.471. The van der Waals surface area contributed by atoms with Gasteiger partial charge in [-0.3, -0.25) is 4.79 Å². The minimum absolute atomic E-state index is 0.110. The van der Waals surface area contributed by atoms with Gasteiger partial charge in [-0.2, -0.15) is 0 Å². The molecular formula is C16H32N2O2. The Hall–Kier alpha value is -0.610. The van der Waals surface area contributed by atoms with E-state index < -0.39 is 5.54 Å². The third-order valence-corrected chi connectivity index (χ3v) is 5.11. The Morgan fingerprint density at radius 2 is 2.05 bits per heavy atom. The fraction of sp³-hybridized carbons (Fsp3) is 0.938. The Labute approximate surface area is 124 Å². The summed E-state index contributed by atoms with van der Waals surface area (Å²) in [6.45, 7) is 8.96. The number of nitrogens with zero attached hydrogens (tertiary/aromatic N) is 1. The zero-order chi connectivity index (χ0) is 15.2. The summed E-state index contributed by atoms with van der Waals surface area (Å²) in [4.78, 5) is 14.6. The van der Waals surface area contributed by atoms with Gasteiger partial charge in [0, 0.05) is 12.6 Å². The molecule has 0 saturated heterocycles. The molecule has 0 aromatic carbocycles. The van der Waals surface area contributed by atoms with Gasteiger partial charge in [0.1, 0.15) is 5.54 Å². The standard InChI is InChI=1S/C16H32N2O2/c1-6-13(7-2)12-18(8-3)14-9-10-16(11-14,17-4)15(19)20-5/h13-14,17H,6-12H2,1-5H3. The third-order valence-electron chi connectivity index (χ3n) is 5.11. The van der Waals surface area contributed by atoms with Gasteiger partial charge in [0.25, 0.3) is 0 Å². The van der Waals surface area contributed by atoms with Gasteiger partial charge in [-0.1, -0.05) is 33.6 Å². The van der Waals surface area contributed by atoms with E-state index in [2.05, 4.69) is 31.0 Å². The minimum Gasteiger partial charge on any atom is -0.468 e. The topological polar surface area (TPSA) is 41.6 Å². The fourth-order valence-electron chi connectivity index (χ4n) is 3.46. The number of carbonyl (C=O) groups excluding carboxylic acids is 1. The van der Waals surface area contributed by atoms with Crippen LogP contribution in [-0.2, 0) is 9.53 Å². The van der Waals surface area contributed by atoms with Gasteiger partial charge in [-0.05, 0) is 38.8 Å². The number of methoxy groups -OCH3 is 1. The SMILES string of the molecule is CCC(CC)CN(CC)C1CCC(NC)(C(=O)OC)C1. The molecule has 0 heterocycles. The molecule has 2 atom stereocenters. The van der Waals surface area contributed by atoms with Crippen molar-refractivity contribution >= 4 is 5.97 Å². The van der Waals surface area contributed by atoms with E-state index in [4.69, 9.17) is 4.74 Å². The summed E-state index contributed by atoms with van der Waals surface area (Å²) in [6.07, 6.45) is 5.27. The highest BCUT2D eigenvalue weighted by atomic mass is 16.5. The van der Waals surface area contributed by atoms with Crippen LogP contribution in [0.25, 0.3) is 0 Å². The normalized spacial score (nSPS) is 26.4. The van der Waals surface area contributed by atoms with E-state index in [1.807, 2.05) is 7.05 Å². The molecule has 0 aromatic rings. The number of hydrogen-bond acceptors (Lipinski definition) is 4. The van der Waals surface area contributed by atoms with Gasteiger partial charge in [0.2, 0.25) is 0 Å². The molecule has 1 saturated carbocycles. The maximum absolute atomic E-state index is 12.1.